The van der Waals surface area contributed by atoms with Gasteiger partial charge in [0.1, 0.15) is 5.76 Å². The summed E-state index contributed by atoms with van der Waals surface area (Å²) in [6.07, 6.45) is 4.75. The number of hydrogen-bond donors (Lipinski definition) is 1. The third-order valence-electron chi connectivity index (χ3n) is 9.77. The number of rotatable bonds is 10. The number of carbonyl (C=O) groups excluding carboxylic acids is 1. The van der Waals surface area contributed by atoms with Gasteiger partial charge in [-0.05, 0) is 48.6 Å². The van der Waals surface area contributed by atoms with Crippen molar-refractivity contribution in [2.75, 3.05) is 0 Å². The number of pyridine rings is 1. The molecule has 0 aliphatic heterocycles. The summed E-state index contributed by atoms with van der Waals surface area (Å²) in [5, 5.41) is 12.9. The first kappa shape index (κ1) is 39.3. The Morgan fingerprint density at radius 1 is 0.848 bits per heavy atom. The number of aryl methyl sites for hydroxylation is 2. The third kappa shape index (κ3) is 9.15. The third-order valence-corrected chi connectivity index (χ3v) is 11.8. The molecule has 0 saturated heterocycles. The van der Waals surface area contributed by atoms with Crippen LogP contribution in [0.1, 0.15) is 78.4 Å². The number of fused-ring (bicyclic) bond motifs is 1. The van der Waals surface area contributed by atoms with Crippen LogP contribution in [-0.2, 0) is 24.9 Å². The minimum absolute atomic E-state index is 0. The molecular weight excluding hydrogens is 759 g/mol. The van der Waals surface area contributed by atoms with E-state index in [1.807, 2.05) is 41.5 Å². The molecule has 46 heavy (non-hydrogen) atoms. The molecule has 3 aromatic carbocycles. The van der Waals surface area contributed by atoms with Gasteiger partial charge in [-0.3, -0.25) is 9.78 Å². The van der Waals surface area contributed by atoms with Gasteiger partial charge in [0, 0.05) is 42.4 Å². The zero-order valence-corrected chi connectivity index (χ0v) is 33.3. The van der Waals surface area contributed by atoms with Gasteiger partial charge < -0.3 is 5.11 Å². The van der Waals surface area contributed by atoms with Gasteiger partial charge in [-0.25, -0.2) is 0 Å². The SMILES string of the molecule is CCC(C)(CC)C(=O)/C=C(\O)C(C)(CC)CC.Cc1[c-]c(-c2ccc3c(-c4ccccc4)c([Si](C)(C)C)ccc3n2)cc(C)c1.[Ir]. The first-order valence-electron chi connectivity index (χ1n) is 16.6. The van der Waals surface area contributed by atoms with E-state index in [1.54, 1.807) is 0 Å². The maximum Gasteiger partial charge on any atom is 0.164 e. The van der Waals surface area contributed by atoms with Crippen LogP contribution in [0, 0.1) is 30.7 Å². The summed E-state index contributed by atoms with van der Waals surface area (Å²) in [4.78, 5) is 17.2. The molecule has 0 bridgehead atoms. The fraction of sp³-hybridized carbons (Fsp3) is 0.415. The summed E-state index contributed by atoms with van der Waals surface area (Å²) >= 11 is 0. The zero-order chi connectivity index (χ0) is 33.6. The summed E-state index contributed by atoms with van der Waals surface area (Å²) < 4.78 is 0. The molecule has 5 heteroatoms. The van der Waals surface area contributed by atoms with E-state index in [2.05, 4.69) is 106 Å². The molecule has 0 amide bonds. The molecule has 4 rings (SSSR count). The molecule has 0 aliphatic rings. The summed E-state index contributed by atoms with van der Waals surface area (Å²) in [5.41, 5.74) is 7.51. The Hall–Kier alpha value is -2.85. The van der Waals surface area contributed by atoms with Gasteiger partial charge >= 0.3 is 0 Å². The number of nitrogens with zero attached hydrogens (tertiary/aromatic N) is 1. The predicted octanol–water partition coefficient (Wildman–Crippen LogP) is 11.2. The van der Waals surface area contributed by atoms with Crippen molar-refractivity contribution in [2.24, 2.45) is 10.8 Å². The minimum Gasteiger partial charge on any atom is -0.512 e. The number of carbonyl (C=O) groups is 1. The van der Waals surface area contributed by atoms with Gasteiger partial charge in [-0.2, -0.15) is 0 Å². The monoisotopic (exact) mass is 813 g/mol. The standard InChI is InChI=1S/C26H26NSi.C15H28O2.Ir/c1-18-15-19(2)17-21(16-18)23-12-11-22-24(27-23)13-14-25(28(3,4)5)26(22)20-9-7-6-8-10-20;1-7-14(5,8-2)12(16)11-13(17)15(6,9-3)10-4;/h6-16H,1-5H3;11,16H,7-10H2,1-6H3;/q-1;;/b;12-11-;. The Bertz CT molecular complexity index is 1620. The molecule has 0 fully saturated rings. The van der Waals surface area contributed by atoms with Gasteiger partial charge in [0.05, 0.1) is 13.6 Å². The maximum absolute atomic E-state index is 12.2. The van der Waals surface area contributed by atoms with Gasteiger partial charge in [-0.1, -0.05) is 129 Å². The summed E-state index contributed by atoms with van der Waals surface area (Å²) in [7, 11) is -1.50. The van der Waals surface area contributed by atoms with Crippen molar-refractivity contribution in [1.82, 2.24) is 4.98 Å². The number of aliphatic hydroxyl groups is 1. The first-order valence-corrected chi connectivity index (χ1v) is 20.1. The quantitative estimate of drug-likeness (QED) is 0.0751. The smallest absolute Gasteiger partial charge is 0.164 e. The average Bonchev–Trinajstić information content (AvgIpc) is 3.02. The van der Waals surface area contributed by atoms with Gasteiger partial charge in [0.2, 0.25) is 0 Å². The van der Waals surface area contributed by atoms with Crippen LogP contribution in [0.4, 0.5) is 0 Å². The van der Waals surface area contributed by atoms with Crippen molar-refractivity contribution in [3.63, 3.8) is 0 Å². The topological polar surface area (TPSA) is 50.2 Å². The summed E-state index contributed by atoms with van der Waals surface area (Å²) in [6.45, 7) is 23.5. The number of hydrogen-bond acceptors (Lipinski definition) is 3. The molecule has 0 unspecified atom stereocenters. The Labute approximate surface area is 293 Å². The minimum atomic E-state index is -1.50. The molecule has 1 radical (unpaired) electrons. The Morgan fingerprint density at radius 3 is 1.96 bits per heavy atom. The van der Waals surface area contributed by atoms with Crippen LogP contribution in [-0.4, -0.2) is 23.9 Å². The van der Waals surface area contributed by atoms with Crippen molar-refractivity contribution in [3.8, 4) is 22.4 Å². The second-order valence-corrected chi connectivity index (χ2v) is 19.1. The van der Waals surface area contributed by atoms with Crippen LogP contribution in [0.25, 0.3) is 33.3 Å². The maximum atomic E-state index is 12.2. The normalized spacial score (nSPS) is 12.3. The fourth-order valence-corrected chi connectivity index (χ4v) is 7.22. The van der Waals surface area contributed by atoms with E-state index < -0.39 is 8.07 Å². The second-order valence-electron chi connectivity index (χ2n) is 14.1. The fourth-order valence-electron chi connectivity index (χ4n) is 5.61. The second kappa shape index (κ2) is 16.3. The van der Waals surface area contributed by atoms with Crippen molar-refractivity contribution in [3.05, 3.63) is 95.8 Å². The van der Waals surface area contributed by atoms with Crippen LogP contribution >= 0.6 is 0 Å². The predicted molar refractivity (Wildman–Crippen MR) is 197 cm³/mol. The van der Waals surface area contributed by atoms with Crippen LogP contribution in [0.15, 0.2) is 78.6 Å². The first-order chi connectivity index (χ1) is 21.1. The largest absolute Gasteiger partial charge is 0.512 e. The number of allylic oxidation sites excluding steroid dienone is 2. The molecule has 0 atom stereocenters. The van der Waals surface area contributed by atoms with Crippen molar-refractivity contribution in [2.45, 2.75) is 101 Å². The van der Waals surface area contributed by atoms with Crippen LogP contribution in [0.3, 0.4) is 0 Å². The molecule has 0 aliphatic carbocycles. The van der Waals surface area contributed by atoms with E-state index >= 15 is 0 Å². The molecule has 0 saturated carbocycles. The Balaban J connectivity index is 0.000000356. The molecule has 4 aromatic rings. The zero-order valence-electron chi connectivity index (χ0n) is 29.9. The van der Waals surface area contributed by atoms with E-state index in [4.69, 9.17) is 4.98 Å². The Kier molecular flexibility index (Phi) is 13.9. The van der Waals surface area contributed by atoms with Crippen LogP contribution in [0.2, 0.25) is 19.6 Å². The Morgan fingerprint density at radius 2 is 1.43 bits per heavy atom. The summed E-state index contributed by atoms with van der Waals surface area (Å²) in [5.74, 6) is 0.286. The van der Waals surface area contributed by atoms with E-state index in [0.29, 0.717) is 0 Å². The van der Waals surface area contributed by atoms with E-state index in [0.717, 1.165) is 48.0 Å². The van der Waals surface area contributed by atoms with E-state index in [1.165, 1.54) is 33.3 Å². The molecule has 1 aromatic heterocycles. The molecule has 3 nitrogen and oxygen atoms in total. The van der Waals surface area contributed by atoms with Gasteiger partial charge in [0.15, 0.2) is 5.78 Å². The molecule has 0 spiro atoms. The summed E-state index contributed by atoms with van der Waals surface area (Å²) in [6, 6.07) is 27.4. The molecule has 249 valence electrons. The average molecular weight is 813 g/mol. The van der Waals surface area contributed by atoms with Crippen molar-refractivity contribution >= 4 is 29.9 Å². The number of aliphatic hydroxyl groups excluding tert-OH is 1. The van der Waals surface area contributed by atoms with Crippen LogP contribution < -0.4 is 5.19 Å². The number of benzene rings is 3. The van der Waals surface area contributed by atoms with E-state index in [-0.39, 0.29) is 42.5 Å². The van der Waals surface area contributed by atoms with Gasteiger partial charge in [-0.15, -0.1) is 34.9 Å². The molecular formula is C41H54IrNO2Si-. The van der Waals surface area contributed by atoms with Crippen LogP contribution in [0.5, 0.6) is 0 Å². The van der Waals surface area contributed by atoms with Gasteiger partial charge in [0.25, 0.3) is 0 Å². The van der Waals surface area contributed by atoms with Crippen molar-refractivity contribution < 1.29 is 30.0 Å². The van der Waals surface area contributed by atoms with E-state index in [9.17, 15) is 9.90 Å². The van der Waals surface area contributed by atoms with Crippen molar-refractivity contribution in [1.29, 1.82) is 0 Å². The number of ketones is 1. The number of aromatic nitrogens is 1. The molecule has 1 N–H and O–H groups in total. The molecule has 1 heterocycles.